The number of hydrogen-bond acceptors (Lipinski definition) is 3. The minimum Gasteiger partial charge on any atom is -0.481 e. The second-order valence-corrected chi connectivity index (χ2v) is 4.02. The van der Waals surface area contributed by atoms with Crippen LogP contribution in [0.2, 0.25) is 0 Å². The van der Waals surface area contributed by atoms with Crippen molar-refractivity contribution in [2.75, 3.05) is 6.54 Å². The first kappa shape index (κ1) is 12.7. The maximum Gasteiger partial charge on any atom is 0.303 e. The predicted molar refractivity (Wildman–Crippen MR) is 61.2 cm³/mol. The number of aliphatic carboxylic acids is 1. The van der Waals surface area contributed by atoms with Gasteiger partial charge in [-0.2, -0.15) is 5.10 Å². The number of nitrogens with zero attached hydrogens (tertiary/aromatic N) is 2. The fourth-order valence-corrected chi connectivity index (χ4v) is 1.49. The topological polar surface area (TPSA) is 67.2 Å². The number of carboxylic acid groups (broad SMARTS) is 1. The minimum absolute atomic E-state index is 0.220. The molecule has 0 radical (unpaired) electrons. The fourth-order valence-electron chi connectivity index (χ4n) is 1.49. The highest BCUT2D eigenvalue weighted by Gasteiger charge is 2.04. The number of carboxylic acids is 1. The number of rotatable bonds is 7. The molecule has 5 nitrogen and oxygen atoms in total. The van der Waals surface area contributed by atoms with Crippen molar-refractivity contribution in [3.8, 4) is 0 Å². The van der Waals surface area contributed by atoms with Gasteiger partial charge in [0.2, 0.25) is 0 Å². The predicted octanol–water partition coefficient (Wildman–Crippen LogP) is 0.805. The van der Waals surface area contributed by atoms with E-state index in [-0.39, 0.29) is 12.5 Å². The second-order valence-electron chi connectivity index (χ2n) is 4.02. The van der Waals surface area contributed by atoms with Gasteiger partial charge in [-0.25, -0.2) is 0 Å². The fraction of sp³-hybridized carbons (Fsp3) is 0.636. The lowest BCUT2D eigenvalue weighted by atomic mass is 10.2. The van der Waals surface area contributed by atoms with Crippen LogP contribution < -0.4 is 5.32 Å². The lowest BCUT2D eigenvalue weighted by molar-refractivity contribution is -0.137. The Morgan fingerprint density at radius 2 is 2.44 bits per heavy atom. The van der Waals surface area contributed by atoms with Gasteiger partial charge in [0.25, 0.3) is 0 Å². The van der Waals surface area contributed by atoms with Crippen LogP contribution in [-0.4, -0.2) is 33.4 Å². The van der Waals surface area contributed by atoms with E-state index >= 15 is 0 Å². The van der Waals surface area contributed by atoms with Crippen LogP contribution in [-0.2, 0) is 18.3 Å². The van der Waals surface area contributed by atoms with E-state index in [9.17, 15) is 4.79 Å². The van der Waals surface area contributed by atoms with E-state index < -0.39 is 5.97 Å². The molecule has 0 saturated heterocycles. The summed E-state index contributed by atoms with van der Waals surface area (Å²) >= 11 is 0. The van der Waals surface area contributed by atoms with Gasteiger partial charge in [0.1, 0.15) is 0 Å². The van der Waals surface area contributed by atoms with Gasteiger partial charge in [-0.1, -0.05) is 0 Å². The van der Waals surface area contributed by atoms with Gasteiger partial charge in [0.15, 0.2) is 0 Å². The van der Waals surface area contributed by atoms with Crippen molar-refractivity contribution in [3.05, 3.63) is 18.0 Å². The summed E-state index contributed by atoms with van der Waals surface area (Å²) in [5, 5.41) is 16.1. The Balaban J connectivity index is 2.13. The van der Waals surface area contributed by atoms with Crippen LogP contribution >= 0.6 is 0 Å². The van der Waals surface area contributed by atoms with Crippen LogP contribution in [0.1, 0.15) is 25.5 Å². The molecule has 0 fully saturated rings. The molecule has 0 amide bonds. The second kappa shape index (κ2) is 6.27. The maximum absolute atomic E-state index is 10.4. The first-order valence-electron chi connectivity index (χ1n) is 5.51. The number of hydrogen-bond donors (Lipinski definition) is 2. The molecule has 1 aromatic heterocycles. The lowest BCUT2D eigenvalue weighted by Gasteiger charge is -2.11. The zero-order chi connectivity index (χ0) is 12.0. The molecular formula is C11H19N3O2. The van der Waals surface area contributed by atoms with E-state index in [2.05, 4.69) is 10.4 Å². The summed E-state index contributed by atoms with van der Waals surface area (Å²) in [7, 11) is 1.90. The molecule has 0 bridgehead atoms. The molecule has 16 heavy (non-hydrogen) atoms. The molecule has 2 N–H and O–H groups in total. The summed E-state index contributed by atoms with van der Waals surface area (Å²) in [5.74, 6) is -0.738. The monoisotopic (exact) mass is 225 g/mol. The van der Waals surface area contributed by atoms with Crippen LogP contribution in [0.3, 0.4) is 0 Å². The van der Waals surface area contributed by atoms with Crippen molar-refractivity contribution >= 4 is 5.97 Å². The van der Waals surface area contributed by atoms with E-state index in [0.29, 0.717) is 6.42 Å². The van der Waals surface area contributed by atoms with Crippen molar-refractivity contribution in [2.45, 2.75) is 32.2 Å². The van der Waals surface area contributed by atoms with Crippen LogP contribution in [0.25, 0.3) is 0 Å². The molecule has 0 spiro atoms. The maximum atomic E-state index is 10.4. The van der Waals surface area contributed by atoms with Gasteiger partial charge >= 0.3 is 5.97 Å². The van der Waals surface area contributed by atoms with Crippen molar-refractivity contribution in [1.82, 2.24) is 15.1 Å². The Morgan fingerprint density at radius 3 is 3.00 bits per heavy atom. The van der Waals surface area contributed by atoms with Gasteiger partial charge in [0.05, 0.1) is 5.69 Å². The van der Waals surface area contributed by atoms with Crippen LogP contribution in [0.4, 0.5) is 0 Å². The summed E-state index contributed by atoms with van der Waals surface area (Å²) in [4.78, 5) is 10.4. The summed E-state index contributed by atoms with van der Waals surface area (Å²) < 4.78 is 1.78. The zero-order valence-corrected chi connectivity index (χ0v) is 9.81. The highest BCUT2D eigenvalue weighted by Crippen LogP contribution is 1.98. The molecule has 90 valence electrons. The Kier molecular flexibility index (Phi) is 4.98. The van der Waals surface area contributed by atoms with Gasteiger partial charge in [-0.15, -0.1) is 0 Å². The average Bonchev–Trinajstić information content (AvgIpc) is 2.61. The Hall–Kier alpha value is -1.36. The Morgan fingerprint density at radius 1 is 1.69 bits per heavy atom. The minimum atomic E-state index is -0.738. The lowest BCUT2D eigenvalue weighted by Crippen LogP contribution is -2.28. The average molecular weight is 225 g/mol. The molecule has 5 heteroatoms. The van der Waals surface area contributed by atoms with E-state index in [4.69, 9.17) is 5.11 Å². The largest absolute Gasteiger partial charge is 0.481 e. The molecule has 0 aliphatic carbocycles. The van der Waals surface area contributed by atoms with Gasteiger partial charge in [0, 0.05) is 38.7 Å². The number of carbonyl (C=O) groups is 1. The molecule has 0 aromatic carbocycles. The highest BCUT2D eigenvalue weighted by molar-refractivity contribution is 5.66. The molecule has 1 atom stereocenters. The van der Waals surface area contributed by atoms with E-state index in [1.54, 1.807) is 4.68 Å². The Labute approximate surface area is 95.5 Å². The molecular weight excluding hydrogens is 206 g/mol. The Bertz CT molecular complexity index is 336. The van der Waals surface area contributed by atoms with Gasteiger partial charge < -0.3 is 10.4 Å². The van der Waals surface area contributed by atoms with Gasteiger partial charge in [-0.05, 0) is 19.4 Å². The van der Waals surface area contributed by atoms with Crippen LogP contribution in [0, 0.1) is 0 Å². The number of aryl methyl sites for hydroxylation is 1. The SMILES string of the molecule is CC(CCC(=O)O)NCCc1ccn(C)n1. The summed E-state index contributed by atoms with van der Waals surface area (Å²) in [6.07, 6.45) is 3.68. The van der Waals surface area contributed by atoms with Crippen molar-refractivity contribution < 1.29 is 9.90 Å². The summed E-state index contributed by atoms with van der Waals surface area (Å²) in [6.45, 7) is 2.83. The number of nitrogens with one attached hydrogen (secondary N) is 1. The van der Waals surface area contributed by atoms with E-state index in [1.807, 2.05) is 26.2 Å². The van der Waals surface area contributed by atoms with Crippen molar-refractivity contribution in [3.63, 3.8) is 0 Å². The number of aromatic nitrogens is 2. The third-order valence-electron chi connectivity index (χ3n) is 2.43. The van der Waals surface area contributed by atoms with Crippen molar-refractivity contribution in [2.24, 2.45) is 7.05 Å². The molecule has 1 rings (SSSR count). The van der Waals surface area contributed by atoms with E-state index in [1.165, 1.54) is 0 Å². The molecule has 1 heterocycles. The molecule has 1 unspecified atom stereocenters. The summed E-state index contributed by atoms with van der Waals surface area (Å²) in [5.41, 5.74) is 1.06. The smallest absolute Gasteiger partial charge is 0.303 e. The highest BCUT2D eigenvalue weighted by atomic mass is 16.4. The quantitative estimate of drug-likeness (QED) is 0.720. The third kappa shape index (κ3) is 4.93. The first-order chi connectivity index (χ1) is 7.58. The normalized spacial score (nSPS) is 12.6. The third-order valence-corrected chi connectivity index (χ3v) is 2.43. The molecule has 0 aliphatic rings. The van der Waals surface area contributed by atoms with Crippen molar-refractivity contribution in [1.29, 1.82) is 0 Å². The van der Waals surface area contributed by atoms with Crippen LogP contribution in [0.5, 0.6) is 0 Å². The summed E-state index contributed by atoms with van der Waals surface area (Å²) in [6, 6.07) is 2.23. The van der Waals surface area contributed by atoms with Gasteiger partial charge in [-0.3, -0.25) is 9.48 Å². The molecule has 0 aliphatic heterocycles. The molecule has 1 aromatic rings. The first-order valence-corrected chi connectivity index (χ1v) is 5.51. The molecule has 0 saturated carbocycles. The standard InChI is InChI=1S/C11H19N3O2/c1-9(3-4-11(15)16)12-7-5-10-6-8-14(2)13-10/h6,8-9,12H,3-5,7H2,1-2H3,(H,15,16). The van der Waals surface area contributed by atoms with E-state index in [0.717, 1.165) is 18.7 Å². The zero-order valence-electron chi connectivity index (χ0n) is 9.81. The van der Waals surface area contributed by atoms with Crippen LogP contribution in [0.15, 0.2) is 12.3 Å².